The smallest absolute Gasteiger partial charge is 0.326 e. The van der Waals surface area contributed by atoms with Gasteiger partial charge in [0.2, 0.25) is 0 Å². The largest absolute Gasteiger partial charge is 0.422 e. The van der Waals surface area contributed by atoms with Gasteiger partial charge in [0.05, 0.1) is 0 Å². The van der Waals surface area contributed by atoms with Gasteiger partial charge in [-0.1, -0.05) is 72.8 Å². The summed E-state index contributed by atoms with van der Waals surface area (Å²) < 4.78 is 10.8. The quantitative estimate of drug-likeness (QED) is 0.330. The van der Waals surface area contributed by atoms with E-state index in [1.165, 1.54) is 13.8 Å². The number of fused-ring (bicyclic) bond motifs is 1. The SMILES string of the molecule is CC1(C)OC(=O)C(C2(Cl)c3c(-c4ccccc4)ccc(-c4ccccc4)c32)C(=O)O1. The molecule has 150 valence electrons. The summed E-state index contributed by atoms with van der Waals surface area (Å²) in [7, 11) is 0. The molecule has 30 heavy (non-hydrogen) atoms. The lowest BCUT2D eigenvalue weighted by atomic mass is 9.96. The molecule has 1 heterocycles. The molecule has 0 amide bonds. The number of benzene rings is 3. The maximum absolute atomic E-state index is 12.9. The molecule has 5 rings (SSSR count). The minimum atomic E-state index is -1.30. The zero-order valence-corrected chi connectivity index (χ0v) is 17.3. The minimum Gasteiger partial charge on any atom is -0.422 e. The van der Waals surface area contributed by atoms with Crippen molar-refractivity contribution < 1.29 is 19.1 Å². The van der Waals surface area contributed by atoms with Gasteiger partial charge >= 0.3 is 11.9 Å². The molecule has 0 N–H and O–H groups in total. The van der Waals surface area contributed by atoms with Gasteiger partial charge in [0.1, 0.15) is 4.87 Å². The molecule has 4 nitrogen and oxygen atoms in total. The van der Waals surface area contributed by atoms with Crippen molar-refractivity contribution in [2.24, 2.45) is 5.92 Å². The predicted molar refractivity (Wildman–Crippen MR) is 114 cm³/mol. The monoisotopic (exact) mass is 418 g/mol. The lowest BCUT2D eigenvalue weighted by molar-refractivity contribution is -0.240. The van der Waals surface area contributed by atoms with Crippen molar-refractivity contribution in [2.75, 3.05) is 0 Å². The van der Waals surface area contributed by atoms with Crippen molar-refractivity contribution in [1.29, 1.82) is 0 Å². The Labute approximate surface area is 179 Å². The molecule has 0 atom stereocenters. The third-order valence-electron chi connectivity index (χ3n) is 5.60. The topological polar surface area (TPSA) is 52.6 Å². The zero-order valence-electron chi connectivity index (χ0n) is 16.5. The Balaban J connectivity index is 1.69. The van der Waals surface area contributed by atoms with Gasteiger partial charge < -0.3 is 9.47 Å². The van der Waals surface area contributed by atoms with Crippen LogP contribution in [-0.2, 0) is 23.9 Å². The molecule has 0 radical (unpaired) electrons. The van der Waals surface area contributed by atoms with Crippen LogP contribution in [0.4, 0.5) is 0 Å². The fourth-order valence-corrected chi connectivity index (χ4v) is 4.84. The Bertz CT molecular complexity index is 1080. The van der Waals surface area contributed by atoms with Crippen LogP contribution in [0.25, 0.3) is 22.3 Å². The summed E-state index contributed by atoms with van der Waals surface area (Å²) in [6, 6.07) is 23.5. The first-order valence-electron chi connectivity index (χ1n) is 9.76. The van der Waals surface area contributed by atoms with Crippen LogP contribution < -0.4 is 0 Å². The van der Waals surface area contributed by atoms with Crippen LogP contribution in [-0.4, -0.2) is 17.7 Å². The van der Waals surface area contributed by atoms with Gasteiger partial charge in [-0.3, -0.25) is 9.59 Å². The molecular formula is C25H19ClO4. The lowest BCUT2D eigenvalue weighted by Crippen LogP contribution is -2.49. The van der Waals surface area contributed by atoms with E-state index < -0.39 is 28.5 Å². The first-order valence-corrected chi connectivity index (χ1v) is 10.1. The highest BCUT2D eigenvalue weighted by Gasteiger charge is 2.66. The van der Waals surface area contributed by atoms with Gasteiger partial charge in [-0.2, -0.15) is 0 Å². The first kappa shape index (κ1) is 18.9. The standard InChI is InChI=1S/C25H19ClO4/c1-24(2)29-22(27)21(23(28)30-24)25(26)19-17(15-9-5-3-6-10-15)13-14-18(20(19)25)16-11-7-4-8-12-16/h3-14,21H,1-2H3. The number of cyclic esters (lactones) is 2. The Hall–Kier alpha value is -3.11. The van der Waals surface area contributed by atoms with Crippen LogP contribution in [0, 0.1) is 5.92 Å². The van der Waals surface area contributed by atoms with Crippen LogP contribution in [0.2, 0.25) is 0 Å². The van der Waals surface area contributed by atoms with E-state index in [-0.39, 0.29) is 0 Å². The van der Waals surface area contributed by atoms with E-state index in [9.17, 15) is 9.59 Å². The van der Waals surface area contributed by atoms with Crippen LogP contribution in [0.3, 0.4) is 0 Å². The van der Waals surface area contributed by atoms with Crippen molar-refractivity contribution in [3.8, 4) is 22.3 Å². The van der Waals surface area contributed by atoms with Gasteiger partial charge in [0, 0.05) is 13.8 Å². The average molecular weight is 419 g/mol. The molecule has 1 aliphatic heterocycles. The number of alkyl halides is 1. The number of hydrogen-bond acceptors (Lipinski definition) is 4. The van der Waals surface area contributed by atoms with Crippen LogP contribution in [0.15, 0.2) is 72.8 Å². The number of carbonyl (C=O) groups excluding carboxylic acids is 2. The molecule has 0 spiro atoms. The van der Waals surface area contributed by atoms with Crippen LogP contribution >= 0.6 is 11.6 Å². The van der Waals surface area contributed by atoms with Gasteiger partial charge in [-0.15, -0.1) is 11.6 Å². The predicted octanol–water partition coefficient (Wildman–Crippen LogP) is 5.27. The van der Waals surface area contributed by atoms with Crippen LogP contribution in [0.5, 0.6) is 0 Å². The summed E-state index contributed by atoms with van der Waals surface area (Å²) in [6.07, 6.45) is 0. The second-order valence-electron chi connectivity index (χ2n) is 8.03. The molecule has 5 heteroatoms. The van der Waals surface area contributed by atoms with E-state index in [2.05, 4.69) is 0 Å². The highest BCUT2D eigenvalue weighted by atomic mass is 35.5. The van der Waals surface area contributed by atoms with Crippen molar-refractivity contribution >= 4 is 23.5 Å². The molecule has 1 saturated heterocycles. The molecule has 1 aliphatic carbocycles. The Morgan fingerprint density at radius 2 is 1.10 bits per heavy atom. The van der Waals surface area contributed by atoms with E-state index in [1.807, 2.05) is 72.8 Å². The molecule has 0 aromatic heterocycles. The first-order chi connectivity index (χ1) is 14.3. The zero-order chi connectivity index (χ0) is 21.1. The number of halogens is 1. The summed E-state index contributed by atoms with van der Waals surface area (Å²) in [5.74, 6) is -3.89. The van der Waals surface area contributed by atoms with Gasteiger partial charge in [-0.05, 0) is 33.4 Å². The van der Waals surface area contributed by atoms with Gasteiger partial charge in [-0.25, -0.2) is 0 Å². The van der Waals surface area contributed by atoms with Gasteiger partial charge in [0.15, 0.2) is 5.92 Å². The number of rotatable bonds is 3. The third-order valence-corrected chi connectivity index (χ3v) is 6.20. The van der Waals surface area contributed by atoms with Crippen molar-refractivity contribution in [3.63, 3.8) is 0 Å². The summed E-state index contributed by atoms with van der Waals surface area (Å²) in [6.45, 7) is 3.07. The second kappa shape index (κ2) is 6.44. The normalized spacial score (nSPS) is 18.9. The number of ether oxygens (including phenoxy) is 2. The summed E-state index contributed by atoms with van der Waals surface area (Å²) in [5.41, 5.74) is 5.27. The van der Waals surface area contributed by atoms with Gasteiger partial charge in [0.25, 0.3) is 5.79 Å². The van der Waals surface area contributed by atoms with Crippen molar-refractivity contribution in [3.05, 3.63) is 83.9 Å². The molecule has 1 fully saturated rings. The van der Waals surface area contributed by atoms with Crippen LogP contribution in [0.1, 0.15) is 25.0 Å². The second-order valence-corrected chi connectivity index (χ2v) is 8.63. The van der Waals surface area contributed by atoms with E-state index in [4.69, 9.17) is 21.1 Å². The summed E-state index contributed by atoms with van der Waals surface area (Å²) in [5, 5.41) is 0. The van der Waals surface area contributed by atoms with E-state index in [1.54, 1.807) is 0 Å². The molecule has 0 saturated carbocycles. The highest BCUT2D eigenvalue weighted by molar-refractivity contribution is 6.35. The van der Waals surface area contributed by atoms with E-state index >= 15 is 0 Å². The summed E-state index contributed by atoms with van der Waals surface area (Å²) >= 11 is 7.11. The average Bonchev–Trinajstić information content (AvgIpc) is 3.33. The molecule has 0 unspecified atom stereocenters. The van der Waals surface area contributed by atoms with Crippen molar-refractivity contribution in [1.82, 2.24) is 0 Å². The maximum Gasteiger partial charge on any atom is 0.326 e. The highest BCUT2D eigenvalue weighted by Crippen LogP contribution is 2.65. The molecule has 2 aliphatic rings. The number of carbonyl (C=O) groups is 2. The number of hydrogen-bond donors (Lipinski definition) is 0. The Kier molecular flexibility index (Phi) is 4.06. The van der Waals surface area contributed by atoms with E-state index in [0.29, 0.717) is 0 Å². The van der Waals surface area contributed by atoms with Crippen molar-refractivity contribution in [2.45, 2.75) is 24.5 Å². The molecular weight excluding hydrogens is 400 g/mol. The number of esters is 2. The third kappa shape index (κ3) is 2.75. The maximum atomic E-state index is 12.9. The summed E-state index contributed by atoms with van der Waals surface area (Å²) in [4.78, 5) is 24.4. The Morgan fingerprint density at radius 3 is 1.50 bits per heavy atom. The molecule has 0 bridgehead atoms. The lowest BCUT2D eigenvalue weighted by Gasteiger charge is -2.34. The minimum absolute atomic E-state index is 0.666. The fourth-order valence-electron chi connectivity index (χ4n) is 4.32. The Morgan fingerprint density at radius 1 is 0.700 bits per heavy atom. The molecule has 3 aromatic rings. The fraction of sp³-hybridized carbons (Fsp3) is 0.200. The van der Waals surface area contributed by atoms with E-state index in [0.717, 1.165) is 33.4 Å². The molecule has 3 aromatic carbocycles.